The molecular weight excluding hydrogens is 226 g/mol. The van der Waals surface area contributed by atoms with Crippen molar-refractivity contribution in [2.45, 2.75) is 25.3 Å². The Morgan fingerprint density at radius 3 is 2.69 bits per heavy atom. The van der Waals surface area contributed by atoms with Gasteiger partial charge in [-0.3, -0.25) is 10.1 Å². The maximum atomic E-state index is 12.0. The van der Waals surface area contributed by atoms with E-state index in [4.69, 9.17) is 9.47 Å². The highest BCUT2D eigenvalue weighted by molar-refractivity contribution is 7.99. The quantitative estimate of drug-likeness (QED) is 0.561. The summed E-state index contributed by atoms with van der Waals surface area (Å²) < 4.78 is 10.2. The maximum Gasteiger partial charge on any atom is 0.326 e. The molecule has 4 nitrogen and oxygen atoms in total. The molecule has 0 saturated carbocycles. The van der Waals surface area contributed by atoms with Gasteiger partial charge in [-0.05, 0) is 31.3 Å². The fourth-order valence-electron chi connectivity index (χ4n) is 1.83. The topological polar surface area (TPSA) is 47.6 Å². The van der Waals surface area contributed by atoms with Crippen LogP contribution >= 0.6 is 11.8 Å². The molecular formula is C11H21NO3S. The van der Waals surface area contributed by atoms with Crippen LogP contribution in [-0.2, 0) is 14.3 Å². The summed E-state index contributed by atoms with van der Waals surface area (Å²) in [6, 6.07) is 0. The Balaban J connectivity index is 2.55. The van der Waals surface area contributed by atoms with Crippen LogP contribution in [0.25, 0.3) is 0 Å². The lowest BCUT2D eigenvalue weighted by atomic mass is 9.92. The molecule has 0 amide bonds. The zero-order valence-electron chi connectivity index (χ0n) is 10.1. The monoisotopic (exact) mass is 247 g/mol. The molecule has 94 valence electrons. The van der Waals surface area contributed by atoms with E-state index < -0.39 is 5.54 Å². The van der Waals surface area contributed by atoms with E-state index in [1.54, 1.807) is 7.11 Å². The second-order valence-electron chi connectivity index (χ2n) is 3.83. The highest BCUT2D eigenvalue weighted by atomic mass is 32.2. The molecule has 0 aliphatic carbocycles. The molecule has 0 radical (unpaired) electrons. The van der Waals surface area contributed by atoms with Crippen LogP contribution in [0.1, 0.15) is 19.8 Å². The molecule has 0 aromatic heterocycles. The number of carbonyl (C=O) groups excluding carboxylic acids is 1. The molecule has 0 spiro atoms. The number of nitrogens with one attached hydrogen (secondary N) is 1. The van der Waals surface area contributed by atoms with Gasteiger partial charge in [-0.2, -0.15) is 11.8 Å². The third-order valence-electron chi connectivity index (χ3n) is 2.78. The first-order valence-corrected chi connectivity index (χ1v) is 6.89. The lowest BCUT2D eigenvalue weighted by Crippen LogP contribution is -2.56. The zero-order chi connectivity index (χ0) is 11.9. The van der Waals surface area contributed by atoms with Crippen LogP contribution in [0.4, 0.5) is 0 Å². The minimum absolute atomic E-state index is 0.105. The van der Waals surface area contributed by atoms with Crippen LogP contribution in [-0.4, -0.2) is 49.9 Å². The number of hydrogen-bond donors (Lipinski definition) is 1. The number of rotatable bonds is 6. The molecule has 1 rings (SSSR count). The van der Waals surface area contributed by atoms with Crippen molar-refractivity contribution in [1.29, 1.82) is 0 Å². The van der Waals surface area contributed by atoms with Gasteiger partial charge in [0.2, 0.25) is 0 Å². The van der Waals surface area contributed by atoms with Crippen molar-refractivity contribution in [3.05, 3.63) is 0 Å². The lowest BCUT2D eigenvalue weighted by Gasteiger charge is -2.35. The third kappa shape index (κ3) is 3.64. The summed E-state index contributed by atoms with van der Waals surface area (Å²) in [6.07, 6.45) is 1.69. The Labute approximate surface area is 101 Å². The summed E-state index contributed by atoms with van der Waals surface area (Å²) in [7, 11) is 1.66. The van der Waals surface area contributed by atoms with Gasteiger partial charge in [0.25, 0.3) is 0 Å². The van der Waals surface area contributed by atoms with E-state index in [1.165, 1.54) is 0 Å². The second kappa shape index (κ2) is 7.14. The van der Waals surface area contributed by atoms with Gasteiger partial charge in [-0.25, -0.2) is 0 Å². The molecule has 1 aliphatic rings. The summed E-state index contributed by atoms with van der Waals surface area (Å²) in [5, 5.41) is 3.31. The first-order chi connectivity index (χ1) is 7.75. The van der Waals surface area contributed by atoms with Gasteiger partial charge in [0.05, 0.1) is 13.2 Å². The number of ether oxygens (including phenoxy) is 2. The zero-order valence-corrected chi connectivity index (χ0v) is 10.9. The van der Waals surface area contributed by atoms with Gasteiger partial charge in [-0.15, -0.1) is 0 Å². The molecule has 0 aromatic rings. The number of carbonyl (C=O) groups is 1. The lowest BCUT2D eigenvalue weighted by molar-refractivity contribution is -0.151. The van der Waals surface area contributed by atoms with Crippen molar-refractivity contribution in [2.24, 2.45) is 0 Å². The summed E-state index contributed by atoms with van der Waals surface area (Å²) in [4.78, 5) is 12.0. The van der Waals surface area contributed by atoms with Crippen LogP contribution < -0.4 is 5.32 Å². The standard InChI is InChI=1S/C11H21NO3S/c1-3-15-10(13)11(12-6-7-14-2)4-8-16-9-5-11/h12H,3-9H2,1-2H3. The van der Waals surface area contributed by atoms with Crippen LogP contribution in [0.2, 0.25) is 0 Å². The highest BCUT2D eigenvalue weighted by Crippen LogP contribution is 2.28. The Bertz CT molecular complexity index is 217. The van der Waals surface area contributed by atoms with Crippen molar-refractivity contribution in [3.8, 4) is 0 Å². The van der Waals surface area contributed by atoms with Gasteiger partial charge in [-0.1, -0.05) is 0 Å². The molecule has 0 aromatic carbocycles. The Hall–Kier alpha value is -0.260. The third-order valence-corrected chi connectivity index (χ3v) is 3.77. The molecule has 16 heavy (non-hydrogen) atoms. The molecule has 5 heteroatoms. The van der Waals surface area contributed by atoms with E-state index in [9.17, 15) is 4.79 Å². The van der Waals surface area contributed by atoms with Gasteiger partial charge in [0.15, 0.2) is 0 Å². The van der Waals surface area contributed by atoms with Crippen LogP contribution in [0, 0.1) is 0 Å². The van der Waals surface area contributed by atoms with Crippen molar-refractivity contribution in [2.75, 3.05) is 38.4 Å². The van der Waals surface area contributed by atoms with E-state index in [0.717, 1.165) is 24.3 Å². The van der Waals surface area contributed by atoms with Crippen LogP contribution in [0.3, 0.4) is 0 Å². The molecule has 1 fully saturated rings. The van der Waals surface area contributed by atoms with Gasteiger partial charge in [0.1, 0.15) is 5.54 Å². The molecule has 0 unspecified atom stereocenters. The first-order valence-electron chi connectivity index (χ1n) is 5.74. The average molecular weight is 247 g/mol. The average Bonchev–Trinajstić information content (AvgIpc) is 2.31. The Morgan fingerprint density at radius 2 is 2.12 bits per heavy atom. The van der Waals surface area contributed by atoms with Crippen molar-refractivity contribution in [3.63, 3.8) is 0 Å². The van der Waals surface area contributed by atoms with Crippen molar-refractivity contribution < 1.29 is 14.3 Å². The Morgan fingerprint density at radius 1 is 1.44 bits per heavy atom. The van der Waals surface area contributed by atoms with E-state index >= 15 is 0 Å². The molecule has 1 saturated heterocycles. The van der Waals surface area contributed by atoms with Crippen LogP contribution in [0.15, 0.2) is 0 Å². The van der Waals surface area contributed by atoms with E-state index in [-0.39, 0.29) is 5.97 Å². The normalized spacial score (nSPS) is 19.4. The van der Waals surface area contributed by atoms with Crippen LogP contribution in [0.5, 0.6) is 0 Å². The summed E-state index contributed by atoms with van der Waals surface area (Å²) in [5.74, 6) is 1.92. The number of hydrogen-bond acceptors (Lipinski definition) is 5. The first kappa shape index (κ1) is 13.8. The minimum atomic E-state index is -0.472. The Kier molecular flexibility index (Phi) is 6.16. The van der Waals surface area contributed by atoms with Gasteiger partial charge < -0.3 is 9.47 Å². The van der Waals surface area contributed by atoms with Crippen molar-refractivity contribution in [1.82, 2.24) is 5.32 Å². The van der Waals surface area contributed by atoms with E-state index in [2.05, 4.69) is 5.32 Å². The molecule has 1 aliphatic heterocycles. The van der Waals surface area contributed by atoms with Gasteiger partial charge >= 0.3 is 5.97 Å². The number of esters is 1. The number of methoxy groups -OCH3 is 1. The summed E-state index contributed by atoms with van der Waals surface area (Å²) in [5.41, 5.74) is -0.472. The summed E-state index contributed by atoms with van der Waals surface area (Å²) in [6.45, 7) is 3.60. The highest BCUT2D eigenvalue weighted by Gasteiger charge is 2.40. The SMILES string of the molecule is CCOC(=O)C1(NCCOC)CCSCC1. The predicted octanol–water partition coefficient (Wildman–Crippen LogP) is 1.05. The molecule has 1 heterocycles. The fraction of sp³-hybridized carbons (Fsp3) is 0.909. The summed E-state index contributed by atoms with van der Waals surface area (Å²) >= 11 is 1.89. The number of thioether (sulfide) groups is 1. The van der Waals surface area contributed by atoms with Crippen molar-refractivity contribution >= 4 is 17.7 Å². The molecule has 1 N–H and O–H groups in total. The largest absolute Gasteiger partial charge is 0.465 e. The smallest absolute Gasteiger partial charge is 0.326 e. The van der Waals surface area contributed by atoms with Gasteiger partial charge in [0, 0.05) is 13.7 Å². The van der Waals surface area contributed by atoms with E-state index in [1.807, 2.05) is 18.7 Å². The molecule has 0 bridgehead atoms. The predicted molar refractivity (Wildman–Crippen MR) is 65.8 cm³/mol. The van der Waals surface area contributed by atoms with E-state index in [0.29, 0.717) is 19.8 Å². The second-order valence-corrected chi connectivity index (χ2v) is 5.06. The minimum Gasteiger partial charge on any atom is -0.465 e. The fourth-order valence-corrected chi connectivity index (χ4v) is 3.02. The maximum absolute atomic E-state index is 12.0. The molecule has 0 atom stereocenters.